The standard InChI is InChI=1S/C29H37N5O7/c1-16(2)11-21(30)26(37)32-23(12-17-7-9-19(36)10-8-17)27(38)34-25(15-35)28(39)33-24(29(40)41)13-18-14-31-22-6-4-3-5-20(18)22/h3-10,14,16,21,23-25,31,35-36H,11-13,15,30H2,1-2H3,(H,32,37)(H,33,39)(H,34,38)(H,40,41). The molecule has 3 aromatic rings. The third-order valence-corrected chi connectivity index (χ3v) is 6.60. The van der Waals surface area contributed by atoms with Crippen LogP contribution >= 0.6 is 0 Å². The highest BCUT2D eigenvalue weighted by Crippen LogP contribution is 2.19. The summed E-state index contributed by atoms with van der Waals surface area (Å²) in [6, 6.07) is 8.46. The average Bonchev–Trinajstić information content (AvgIpc) is 3.34. The number of benzene rings is 2. The minimum absolute atomic E-state index is 0.00430. The number of para-hydroxylation sites is 1. The molecule has 0 radical (unpaired) electrons. The number of aromatic nitrogens is 1. The number of carbonyl (C=O) groups is 4. The van der Waals surface area contributed by atoms with Gasteiger partial charge in [0.1, 0.15) is 23.9 Å². The van der Waals surface area contributed by atoms with E-state index < -0.39 is 54.5 Å². The van der Waals surface area contributed by atoms with Gasteiger partial charge in [-0.1, -0.05) is 44.2 Å². The Kier molecular flexibility index (Phi) is 10.8. The molecule has 9 N–H and O–H groups in total. The number of H-pyrrole nitrogens is 1. The lowest BCUT2D eigenvalue weighted by Gasteiger charge is -2.25. The van der Waals surface area contributed by atoms with E-state index in [9.17, 15) is 34.5 Å². The average molecular weight is 568 g/mol. The summed E-state index contributed by atoms with van der Waals surface area (Å²) < 4.78 is 0. The summed E-state index contributed by atoms with van der Waals surface area (Å²) in [5, 5.41) is 37.5. The van der Waals surface area contributed by atoms with E-state index in [1.807, 2.05) is 38.1 Å². The van der Waals surface area contributed by atoms with Crippen LogP contribution in [0.1, 0.15) is 31.4 Å². The van der Waals surface area contributed by atoms with Gasteiger partial charge in [0.15, 0.2) is 0 Å². The van der Waals surface area contributed by atoms with Gasteiger partial charge in [-0.15, -0.1) is 0 Å². The van der Waals surface area contributed by atoms with Gasteiger partial charge in [-0.3, -0.25) is 14.4 Å². The summed E-state index contributed by atoms with van der Waals surface area (Å²) in [6.45, 7) is 2.99. The number of phenolic OH excluding ortho intramolecular Hbond substituents is 1. The zero-order valence-electron chi connectivity index (χ0n) is 23.0. The van der Waals surface area contributed by atoms with Crippen LogP contribution in [0.3, 0.4) is 0 Å². The minimum Gasteiger partial charge on any atom is -0.508 e. The molecule has 4 atom stereocenters. The van der Waals surface area contributed by atoms with Crippen molar-refractivity contribution in [1.29, 1.82) is 0 Å². The predicted molar refractivity (Wildman–Crippen MR) is 152 cm³/mol. The molecular weight excluding hydrogens is 530 g/mol. The van der Waals surface area contributed by atoms with Gasteiger partial charge >= 0.3 is 5.97 Å². The normalized spacial score (nSPS) is 14.2. The fraction of sp³-hybridized carbons (Fsp3) is 0.379. The van der Waals surface area contributed by atoms with Gasteiger partial charge in [0, 0.05) is 29.9 Å². The van der Waals surface area contributed by atoms with Crippen molar-refractivity contribution in [2.45, 2.75) is 57.3 Å². The van der Waals surface area contributed by atoms with Gasteiger partial charge in [-0.25, -0.2) is 4.79 Å². The number of hydrogen-bond acceptors (Lipinski definition) is 7. The van der Waals surface area contributed by atoms with Crippen molar-refractivity contribution in [1.82, 2.24) is 20.9 Å². The molecule has 1 heterocycles. The van der Waals surface area contributed by atoms with Crippen LogP contribution in [0.5, 0.6) is 5.75 Å². The Bertz CT molecular complexity index is 1360. The molecule has 0 aliphatic heterocycles. The Labute approximate surface area is 237 Å². The van der Waals surface area contributed by atoms with Crippen LogP contribution in [0.4, 0.5) is 0 Å². The first-order chi connectivity index (χ1) is 19.5. The van der Waals surface area contributed by atoms with Crippen molar-refractivity contribution < 1.29 is 34.5 Å². The van der Waals surface area contributed by atoms with Gasteiger partial charge in [-0.2, -0.15) is 0 Å². The predicted octanol–water partition coefficient (Wildman–Crippen LogP) is 0.563. The molecule has 220 valence electrons. The van der Waals surface area contributed by atoms with Crippen LogP contribution in [-0.4, -0.2) is 74.8 Å². The Morgan fingerprint density at radius 1 is 0.854 bits per heavy atom. The van der Waals surface area contributed by atoms with Crippen LogP contribution in [0.2, 0.25) is 0 Å². The first kappa shape index (κ1) is 31.1. The van der Waals surface area contributed by atoms with Gasteiger partial charge < -0.3 is 42.0 Å². The van der Waals surface area contributed by atoms with Crippen molar-refractivity contribution in [3.63, 3.8) is 0 Å². The molecule has 12 heteroatoms. The molecule has 41 heavy (non-hydrogen) atoms. The maximum atomic E-state index is 13.3. The van der Waals surface area contributed by atoms with E-state index in [4.69, 9.17) is 5.73 Å². The monoisotopic (exact) mass is 567 g/mol. The number of nitrogens with two attached hydrogens (primary N) is 1. The molecule has 0 aliphatic rings. The van der Waals surface area contributed by atoms with E-state index in [0.717, 1.165) is 10.9 Å². The molecule has 3 amide bonds. The van der Waals surface area contributed by atoms with Crippen molar-refractivity contribution in [2.75, 3.05) is 6.61 Å². The Balaban J connectivity index is 1.73. The number of fused-ring (bicyclic) bond motifs is 1. The van der Waals surface area contributed by atoms with E-state index in [0.29, 0.717) is 17.5 Å². The van der Waals surface area contributed by atoms with E-state index >= 15 is 0 Å². The van der Waals surface area contributed by atoms with E-state index in [1.165, 1.54) is 12.1 Å². The van der Waals surface area contributed by atoms with Crippen LogP contribution in [0.15, 0.2) is 54.7 Å². The van der Waals surface area contributed by atoms with Crippen LogP contribution < -0.4 is 21.7 Å². The van der Waals surface area contributed by atoms with Crippen LogP contribution in [0, 0.1) is 5.92 Å². The Morgan fingerprint density at radius 2 is 1.46 bits per heavy atom. The van der Waals surface area contributed by atoms with Gasteiger partial charge in [0.25, 0.3) is 0 Å². The number of carboxylic acid groups (broad SMARTS) is 1. The smallest absolute Gasteiger partial charge is 0.326 e. The van der Waals surface area contributed by atoms with Gasteiger partial charge in [0.05, 0.1) is 12.6 Å². The van der Waals surface area contributed by atoms with Crippen molar-refractivity contribution in [3.8, 4) is 5.75 Å². The number of aromatic amines is 1. The van der Waals surface area contributed by atoms with Crippen molar-refractivity contribution in [3.05, 3.63) is 65.9 Å². The second-order valence-corrected chi connectivity index (χ2v) is 10.4. The zero-order chi connectivity index (χ0) is 30.1. The number of aliphatic hydroxyl groups excluding tert-OH is 1. The lowest BCUT2D eigenvalue weighted by Crippen LogP contribution is -2.58. The summed E-state index contributed by atoms with van der Waals surface area (Å²) in [7, 11) is 0. The fourth-order valence-electron chi connectivity index (χ4n) is 4.43. The minimum atomic E-state index is -1.49. The number of nitrogens with one attached hydrogen (secondary N) is 4. The molecule has 2 aromatic carbocycles. The second kappa shape index (κ2) is 14.3. The number of carbonyl (C=O) groups excluding carboxylic acids is 3. The van der Waals surface area contributed by atoms with Gasteiger partial charge in [0.2, 0.25) is 17.7 Å². The number of aromatic hydroxyl groups is 1. The number of amides is 3. The van der Waals surface area contributed by atoms with Gasteiger partial charge in [-0.05, 0) is 41.7 Å². The molecule has 12 nitrogen and oxygen atoms in total. The molecule has 0 spiro atoms. The quantitative estimate of drug-likeness (QED) is 0.138. The Morgan fingerprint density at radius 3 is 2.10 bits per heavy atom. The number of hydrogen-bond donors (Lipinski definition) is 8. The van der Waals surface area contributed by atoms with Crippen molar-refractivity contribution >= 4 is 34.6 Å². The largest absolute Gasteiger partial charge is 0.508 e. The third-order valence-electron chi connectivity index (χ3n) is 6.60. The highest BCUT2D eigenvalue weighted by molar-refractivity contribution is 5.94. The number of phenols is 1. The zero-order valence-corrected chi connectivity index (χ0v) is 23.0. The molecule has 0 saturated heterocycles. The molecule has 0 aliphatic carbocycles. The first-order valence-electron chi connectivity index (χ1n) is 13.3. The number of carboxylic acids is 1. The van der Waals surface area contributed by atoms with Crippen LogP contribution in [0.25, 0.3) is 10.9 Å². The van der Waals surface area contributed by atoms with E-state index in [-0.39, 0.29) is 24.5 Å². The maximum absolute atomic E-state index is 13.3. The molecule has 0 bridgehead atoms. The molecular formula is C29H37N5O7. The Hall–Kier alpha value is -4.42. The first-order valence-corrected chi connectivity index (χ1v) is 13.3. The van der Waals surface area contributed by atoms with E-state index in [1.54, 1.807) is 18.3 Å². The summed E-state index contributed by atoms with van der Waals surface area (Å²) >= 11 is 0. The van der Waals surface area contributed by atoms with Crippen LogP contribution in [-0.2, 0) is 32.0 Å². The summed E-state index contributed by atoms with van der Waals surface area (Å²) in [6.07, 6.45) is 2.02. The number of aliphatic hydroxyl groups is 1. The second-order valence-electron chi connectivity index (χ2n) is 10.4. The van der Waals surface area contributed by atoms with E-state index in [2.05, 4.69) is 20.9 Å². The molecule has 0 fully saturated rings. The SMILES string of the molecule is CC(C)CC(N)C(=O)NC(Cc1ccc(O)cc1)C(=O)NC(CO)C(=O)NC(Cc1c[nH]c2ccccc12)C(=O)O. The lowest BCUT2D eigenvalue weighted by atomic mass is 10.0. The summed E-state index contributed by atoms with van der Waals surface area (Å²) in [4.78, 5) is 54.0. The highest BCUT2D eigenvalue weighted by Gasteiger charge is 2.30. The summed E-state index contributed by atoms with van der Waals surface area (Å²) in [5.74, 6) is -3.37. The number of aliphatic carboxylic acids is 1. The molecule has 3 rings (SSSR count). The fourth-order valence-corrected chi connectivity index (χ4v) is 4.43. The maximum Gasteiger partial charge on any atom is 0.326 e. The molecule has 4 unspecified atom stereocenters. The topological polar surface area (TPSA) is 207 Å². The molecule has 1 aromatic heterocycles. The summed E-state index contributed by atoms with van der Waals surface area (Å²) in [5.41, 5.74) is 8.08. The number of rotatable bonds is 14. The third kappa shape index (κ3) is 8.78. The lowest BCUT2D eigenvalue weighted by molar-refractivity contribution is -0.142. The van der Waals surface area contributed by atoms with Crippen molar-refractivity contribution in [2.24, 2.45) is 11.7 Å². The highest BCUT2D eigenvalue weighted by atomic mass is 16.4. The molecule has 0 saturated carbocycles.